The van der Waals surface area contributed by atoms with E-state index in [4.69, 9.17) is 0 Å². The Morgan fingerprint density at radius 1 is 1.30 bits per heavy atom. The van der Waals surface area contributed by atoms with Crippen LogP contribution in [0.5, 0.6) is 5.88 Å². The number of halogens is 2. The standard InChI is InChI=1S/C10H4BrFN4O4/c11-5-3-4(1-2-6(5)12)16-8(14-19-10(16)18)7-9(17)15-20-13-7/h1-3H,(H,15,17). The molecule has 0 amide bonds. The first-order valence-corrected chi connectivity index (χ1v) is 5.93. The van der Waals surface area contributed by atoms with Crippen molar-refractivity contribution in [3.05, 3.63) is 39.0 Å². The highest BCUT2D eigenvalue weighted by atomic mass is 79.9. The van der Waals surface area contributed by atoms with E-state index in [9.17, 15) is 14.3 Å². The van der Waals surface area contributed by atoms with E-state index in [-0.39, 0.29) is 21.7 Å². The highest BCUT2D eigenvalue weighted by molar-refractivity contribution is 9.10. The normalized spacial score (nSPS) is 10.9. The van der Waals surface area contributed by atoms with Crippen molar-refractivity contribution >= 4 is 15.9 Å². The topological polar surface area (TPSA) is 107 Å². The van der Waals surface area contributed by atoms with Crippen molar-refractivity contribution in [3.63, 3.8) is 0 Å². The molecule has 2 heterocycles. The van der Waals surface area contributed by atoms with Gasteiger partial charge in [-0.05, 0) is 44.4 Å². The molecule has 3 aromatic rings. The summed E-state index contributed by atoms with van der Waals surface area (Å²) >= 11 is 3.01. The molecule has 0 atom stereocenters. The average Bonchev–Trinajstić information content (AvgIpc) is 2.99. The van der Waals surface area contributed by atoms with E-state index in [1.165, 1.54) is 12.1 Å². The largest absolute Gasteiger partial charge is 0.489 e. The van der Waals surface area contributed by atoms with Crippen LogP contribution in [0.25, 0.3) is 17.2 Å². The number of aromatic nitrogens is 4. The summed E-state index contributed by atoms with van der Waals surface area (Å²) in [6, 6.07) is 3.85. The maximum absolute atomic E-state index is 13.2. The Kier molecular flexibility index (Phi) is 2.86. The SMILES string of the molecule is O=c1onc(-c2nonc2O)n1-c1ccc(F)c(Br)c1. The fraction of sp³-hybridized carbons (Fsp3) is 0. The first kappa shape index (κ1) is 12.5. The summed E-state index contributed by atoms with van der Waals surface area (Å²) in [6.07, 6.45) is 0. The Balaban J connectivity index is 2.24. The molecule has 0 bridgehead atoms. The summed E-state index contributed by atoms with van der Waals surface area (Å²) < 4.78 is 23.2. The van der Waals surface area contributed by atoms with Gasteiger partial charge in [0.1, 0.15) is 5.82 Å². The second kappa shape index (κ2) is 4.56. The summed E-state index contributed by atoms with van der Waals surface area (Å²) in [6.45, 7) is 0. The lowest BCUT2D eigenvalue weighted by molar-refractivity contribution is 0.287. The molecule has 8 nitrogen and oxygen atoms in total. The molecule has 0 unspecified atom stereocenters. The zero-order valence-corrected chi connectivity index (χ0v) is 11.0. The van der Waals surface area contributed by atoms with Crippen LogP contribution in [0.4, 0.5) is 4.39 Å². The second-order valence-corrected chi connectivity index (χ2v) is 4.50. The average molecular weight is 343 g/mol. The van der Waals surface area contributed by atoms with Crippen LogP contribution in [0.1, 0.15) is 0 Å². The van der Waals surface area contributed by atoms with Gasteiger partial charge in [-0.25, -0.2) is 18.4 Å². The van der Waals surface area contributed by atoms with Crippen LogP contribution in [0, 0.1) is 5.82 Å². The van der Waals surface area contributed by atoms with Gasteiger partial charge in [0.15, 0.2) is 0 Å². The molecular weight excluding hydrogens is 339 g/mol. The van der Waals surface area contributed by atoms with Gasteiger partial charge in [0.05, 0.1) is 10.2 Å². The van der Waals surface area contributed by atoms with E-state index in [0.29, 0.717) is 0 Å². The molecule has 0 saturated heterocycles. The van der Waals surface area contributed by atoms with Crippen LogP contribution in [-0.4, -0.2) is 25.1 Å². The molecular formula is C10H4BrFN4O4. The number of benzene rings is 1. The summed E-state index contributed by atoms with van der Waals surface area (Å²) in [7, 11) is 0. The van der Waals surface area contributed by atoms with Crippen molar-refractivity contribution in [1.82, 2.24) is 20.0 Å². The van der Waals surface area contributed by atoms with Gasteiger partial charge in [0.25, 0.3) is 5.88 Å². The van der Waals surface area contributed by atoms with E-state index in [2.05, 4.69) is 40.6 Å². The second-order valence-electron chi connectivity index (χ2n) is 3.64. The quantitative estimate of drug-likeness (QED) is 0.751. The Hall–Kier alpha value is -2.49. The molecule has 20 heavy (non-hydrogen) atoms. The van der Waals surface area contributed by atoms with Crippen LogP contribution >= 0.6 is 15.9 Å². The molecule has 0 aliphatic heterocycles. The van der Waals surface area contributed by atoms with Crippen molar-refractivity contribution in [2.45, 2.75) is 0 Å². The number of nitrogens with zero attached hydrogens (tertiary/aromatic N) is 4. The predicted octanol–water partition coefficient (Wildman–Crippen LogP) is 1.48. The van der Waals surface area contributed by atoms with Gasteiger partial charge < -0.3 is 5.11 Å². The monoisotopic (exact) mass is 342 g/mol. The van der Waals surface area contributed by atoms with Gasteiger partial charge in [-0.2, -0.15) is 0 Å². The van der Waals surface area contributed by atoms with Gasteiger partial charge in [-0.3, -0.25) is 4.52 Å². The fourth-order valence-corrected chi connectivity index (χ4v) is 1.94. The molecule has 0 aliphatic rings. The molecule has 3 rings (SSSR count). The van der Waals surface area contributed by atoms with Crippen molar-refractivity contribution in [2.75, 3.05) is 0 Å². The van der Waals surface area contributed by atoms with Crippen LogP contribution in [-0.2, 0) is 0 Å². The Bertz CT molecular complexity index is 840. The van der Waals surface area contributed by atoms with E-state index in [1.54, 1.807) is 0 Å². The highest BCUT2D eigenvalue weighted by Crippen LogP contribution is 2.26. The molecule has 0 fully saturated rings. The van der Waals surface area contributed by atoms with Crippen molar-refractivity contribution in [3.8, 4) is 23.1 Å². The van der Waals surface area contributed by atoms with E-state index >= 15 is 0 Å². The molecule has 1 aromatic carbocycles. The van der Waals surface area contributed by atoms with Gasteiger partial charge >= 0.3 is 5.76 Å². The Morgan fingerprint density at radius 3 is 2.75 bits per heavy atom. The van der Waals surface area contributed by atoms with Crippen LogP contribution in [0.3, 0.4) is 0 Å². The fourth-order valence-electron chi connectivity index (χ4n) is 1.58. The van der Waals surface area contributed by atoms with Crippen molar-refractivity contribution in [2.24, 2.45) is 0 Å². The van der Waals surface area contributed by atoms with Crippen LogP contribution in [0.15, 0.2) is 36.6 Å². The zero-order chi connectivity index (χ0) is 14.3. The van der Waals surface area contributed by atoms with Crippen molar-refractivity contribution < 1.29 is 18.6 Å². The van der Waals surface area contributed by atoms with E-state index in [1.807, 2.05) is 0 Å². The van der Waals surface area contributed by atoms with Crippen LogP contribution in [0.2, 0.25) is 0 Å². The van der Waals surface area contributed by atoms with Crippen LogP contribution < -0.4 is 5.76 Å². The molecule has 102 valence electrons. The number of hydrogen-bond acceptors (Lipinski definition) is 7. The number of aromatic hydroxyl groups is 1. The summed E-state index contributed by atoms with van der Waals surface area (Å²) in [5.74, 6) is -1.99. The van der Waals surface area contributed by atoms with Gasteiger partial charge in [-0.15, -0.1) is 0 Å². The van der Waals surface area contributed by atoms with Gasteiger partial charge in [0, 0.05) is 0 Å². The van der Waals surface area contributed by atoms with E-state index in [0.717, 1.165) is 10.6 Å². The van der Waals surface area contributed by atoms with Gasteiger partial charge in [0.2, 0.25) is 11.5 Å². The third kappa shape index (κ3) is 1.90. The molecule has 0 saturated carbocycles. The Morgan fingerprint density at radius 2 is 2.10 bits per heavy atom. The highest BCUT2D eigenvalue weighted by Gasteiger charge is 2.22. The third-order valence-corrected chi connectivity index (χ3v) is 3.06. The third-order valence-electron chi connectivity index (χ3n) is 2.45. The Labute approximate surface area is 117 Å². The molecule has 2 aromatic heterocycles. The molecule has 1 N–H and O–H groups in total. The minimum atomic E-state index is -0.832. The first-order chi connectivity index (χ1) is 9.58. The summed E-state index contributed by atoms with van der Waals surface area (Å²) in [5.41, 5.74) is 0.0956. The molecule has 0 aliphatic carbocycles. The first-order valence-electron chi connectivity index (χ1n) is 5.14. The minimum Gasteiger partial charge on any atom is -0.489 e. The van der Waals surface area contributed by atoms with Gasteiger partial charge in [-0.1, -0.05) is 5.16 Å². The number of hydrogen-bond donors (Lipinski definition) is 1. The molecule has 0 spiro atoms. The zero-order valence-electron chi connectivity index (χ0n) is 9.45. The predicted molar refractivity (Wildman–Crippen MR) is 64.7 cm³/mol. The summed E-state index contributed by atoms with van der Waals surface area (Å²) in [4.78, 5) is 11.7. The van der Waals surface area contributed by atoms with Crippen molar-refractivity contribution in [1.29, 1.82) is 0 Å². The lowest BCUT2D eigenvalue weighted by Crippen LogP contribution is -2.13. The number of rotatable bonds is 2. The molecule has 10 heteroatoms. The van der Waals surface area contributed by atoms with E-state index < -0.39 is 17.5 Å². The maximum atomic E-state index is 13.2. The smallest absolute Gasteiger partial charge is 0.446 e. The summed E-state index contributed by atoms with van der Waals surface area (Å²) in [5, 5.41) is 19.5. The lowest BCUT2D eigenvalue weighted by atomic mass is 10.3. The maximum Gasteiger partial charge on any atom is 0.446 e. The lowest BCUT2D eigenvalue weighted by Gasteiger charge is -2.03. The minimum absolute atomic E-state index is 0.118. The molecule has 0 radical (unpaired) electrons.